The zero-order valence-electron chi connectivity index (χ0n) is 17.2. The van der Waals surface area contributed by atoms with Gasteiger partial charge in [-0.05, 0) is 34.1 Å². The number of carboxylic acids is 1. The molecule has 0 heterocycles. The molecular weight excluding hydrogens is 396 g/mol. The molecule has 0 saturated carbocycles. The lowest BCUT2D eigenvalue weighted by atomic mass is 9.98. The molecule has 0 radical (unpaired) electrons. The fourth-order valence-electron chi connectivity index (χ4n) is 3.57. The summed E-state index contributed by atoms with van der Waals surface area (Å²) in [5, 5.41) is 13.7. The Balaban J connectivity index is 1.44. The van der Waals surface area contributed by atoms with Gasteiger partial charge >= 0.3 is 12.1 Å². The summed E-state index contributed by atoms with van der Waals surface area (Å²) in [7, 11) is 0. The lowest BCUT2D eigenvalue weighted by Crippen LogP contribution is -2.29. The third-order valence-corrected chi connectivity index (χ3v) is 5.00. The van der Waals surface area contributed by atoms with E-state index in [9.17, 15) is 14.4 Å². The fraction of sp³-hybridized carbons (Fsp3) is 0.292. The van der Waals surface area contributed by atoms with Crippen LogP contribution in [0.5, 0.6) is 0 Å². The Kier molecular flexibility index (Phi) is 7.28. The summed E-state index contributed by atoms with van der Waals surface area (Å²) in [5.41, 5.74) is 4.57. The molecule has 0 saturated heterocycles. The maximum absolute atomic E-state index is 12.0. The highest BCUT2D eigenvalue weighted by Gasteiger charge is 2.28. The molecule has 0 spiro atoms. The lowest BCUT2D eigenvalue weighted by Gasteiger charge is -2.14. The molecule has 1 unspecified atom stereocenters. The molecule has 7 nitrogen and oxygen atoms in total. The highest BCUT2D eigenvalue weighted by molar-refractivity contribution is 5.93. The van der Waals surface area contributed by atoms with Crippen molar-refractivity contribution in [2.45, 2.75) is 19.3 Å². The molecule has 2 amide bonds. The molecule has 1 aliphatic rings. The Morgan fingerprint density at radius 1 is 1.03 bits per heavy atom. The van der Waals surface area contributed by atoms with Crippen LogP contribution in [0.25, 0.3) is 11.1 Å². The first-order valence-electron chi connectivity index (χ1n) is 10.0. The Labute approximate surface area is 180 Å². The zero-order chi connectivity index (χ0) is 22.2. The number of aliphatic carboxylic acids is 1. The Morgan fingerprint density at radius 2 is 1.65 bits per heavy atom. The first-order chi connectivity index (χ1) is 15.0. The molecule has 31 heavy (non-hydrogen) atoms. The molecule has 0 bridgehead atoms. The van der Waals surface area contributed by atoms with Gasteiger partial charge in [-0.25, -0.2) is 4.79 Å². The lowest BCUT2D eigenvalue weighted by molar-refractivity contribution is -0.138. The average molecular weight is 420 g/mol. The smallest absolute Gasteiger partial charge is 0.407 e. The van der Waals surface area contributed by atoms with Gasteiger partial charge in [-0.2, -0.15) is 0 Å². The van der Waals surface area contributed by atoms with Crippen LogP contribution in [0.15, 0.2) is 48.5 Å². The normalized spacial score (nSPS) is 12.5. The van der Waals surface area contributed by atoms with Gasteiger partial charge in [0.15, 0.2) is 0 Å². The third kappa shape index (κ3) is 5.86. The van der Waals surface area contributed by atoms with E-state index in [1.54, 1.807) is 6.92 Å². The molecule has 1 aliphatic carbocycles. The SMILES string of the molecule is CC(CNC(=O)C#CCNC(=O)OCC1c2ccccc2-c2ccccc21)CC(=O)O. The maximum Gasteiger partial charge on any atom is 0.407 e. The molecule has 160 valence electrons. The number of carbonyl (C=O) groups excluding carboxylic acids is 2. The summed E-state index contributed by atoms with van der Waals surface area (Å²) in [4.78, 5) is 34.3. The van der Waals surface area contributed by atoms with E-state index < -0.39 is 18.0 Å². The number of ether oxygens (including phenoxy) is 1. The second-order valence-electron chi connectivity index (χ2n) is 7.39. The van der Waals surface area contributed by atoms with Crippen molar-refractivity contribution in [3.8, 4) is 23.0 Å². The number of carbonyl (C=O) groups is 3. The van der Waals surface area contributed by atoms with E-state index in [0.717, 1.165) is 22.3 Å². The largest absolute Gasteiger partial charge is 0.481 e. The number of amides is 2. The van der Waals surface area contributed by atoms with Gasteiger partial charge in [0, 0.05) is 18.9 Å². The van der Waals surface area contributed by atoms with E-state index >= 15 is 0 Å². The summed E-state index contributed by atoms with van der Waals surface area (Å²) in [5.74, 6) is 3.25. The Morgan fingerprint density at radius 3 is 2.26 bits per heavy atom. The second kappa shape index (κ2) is 10.3. The minimum absolute atomic E-state index is 0.0252. The fourth-order valence-corrected chi connectivity index (χ4v) is 3.57. The number of alkyl carbamates (subject to hydrolysis) is 1. The number of benzene rings is 2. The van der Waals surface area contributed by atoms with E-state index in [1.807, 2.05) is 36.4 Å². The van der Waals surface area contributed by atoms with Crippen LogP contribution in [0.1, 0.15) is 30.4 Å². The number of fused-ring (bicyclic) bond motifs is 3. The Bertz CT molecular complexity index is 992. The van der Waals surface area contributed by atoms with E-state index in [2.05, 4.69) is 34.6 Å². The average Bonchev–Trinajstić information content (AvgIpc) is 3.07. The van der Waals surface area contributed by atoms with Gasteiger partial charge in [-0.3, -0.25) is 9.59 Å². The number of carboxylic acid groups (broad SMARTS) is 1. The van der Waals surface area contributed by atoms with E-state index in [4.69, 9.17) is 9.84 Å². The number of hydrogen-bond acceptors (Lipinski definition) is 4. The van der Waals surface area contributed by atoms with Gasteiger partial charge in [0.05, 0.1) is 6.54 Å². The number of rotatable bonds is 7. The first-order valence-corrected chi connectivity index (χ1v) is 10.0. The van der Waals surface area contributed by atoms with Crippen molar-refractivity contribution >= 4 is 18.0 Å². The van der Waals surface area contributed by atoms with Gasteiger partial charge in [0.2, 0.25) is 0 Å². The van der Waals surface area contributed by atoms with Crippen LogP contribution in [0.3, 0.4) is 0 Å². The molecular formula is C24H24N2O5. The van der Waals surface area contributed by atoms with Gasteiger partial charge in [-0.15, -0.1) is 0 Å². The van der Waals surface area contributed by atoms with E-state index in [1.165, 1.54) is 0 Å². The number of hydrogen-bond donors (Lipinski definition) is 3. The highest BCUT2D eigenvalue weighted by atomic mass is 16.5. The Hall–Kier alpha value is -3.79. The molecule has 2 aromatic rings. The summed E-state index contributed by atoms with van der Waals surface area (Å²) < 4.78 is 5.39. The van der Waals surface area contributed by atoms with Crippen LogP contribution in [0.4, 0.5) is 4.79 Å². The van der Waals surface area contributed by atoms with Crippen molar-refractivity contribution in [1.82, 2.24) is 10.6 Å². The monoisotopic (exact) mass is 420 g/mol. The molecule has 7 heteroatoms. The summed E-state index contributed by atoms with van der Waals surface area (Å²) in [6, 6.07) is 16.2. The first kappa shape index (κ1) is 21.9. The van der Waals surface area contributed by atoms with Crippen molar-refractivity contribution in [3.63, 3.8) is 0 Å². The topological polar surface area (TPSA) is 105 Å². The summed E-state index contributed by atoms with van der Waals surface area (Å²) >= 11 is 0. The number of nitrogens with one attached hydrogen (secondary N) is 2. The van der Waals surface area contributed by atoms with Gasteiger partial charge in [0.1, 0.15) is 6.61 Å². The van der Waals surface area contributed by atoms with Crippen LogP contribution in [0, 0.1) is 17.8 Å². The van der Waals surface area contributed by atoms with Gasteiger partial charge in [-0.1, -0.05) is 61.4 Å². The van der Waals surface area contributed by atoms with Crippen molar-refractivity contribution < 1.29 is 24.2 Å². The van der Waals surface area contributed by atoms with Crippen molar-refractivity contribution in [2.24, 2.45) is 5.92 Å². The second-order valence-corrected chi connectivity index (χ2v) is 7.39. The van der Waals surface area contributed by atoms with Gasteiger partial charge in [0.25, 0.3) is 5.91 Å². The van der Waals surface area contributed by atoms with Crippen LogP contribution >= 0.6 is 0 Å². The van der Waals surface area contributed by atoms with E-state index in [-0.39, 0.29) is 38.0 Å². The van der Waals surface area contributed by atoms with Crippen molar-refractivity contribution in [3.05, 3.63) is 59.7 Å². The predicted molar refractivity (Wildman–Crippen MR) is 115 cm³/mol. The molecule has 3 rings (SSSR count). The van der Waals surface area contributed by atoms with Crippen LogP contribution in [-0.4, -0.2) is 42.8 Å². The molecule has 0 aromatic heterocycles. The van der Waals surface area contributed by atoms with Crippen molar-refractivity contribution in [2.75, 3.05) is 19.7 Å². The molecule has 2 aromatic carbocycles. The minimum atomic E-state index is -0.917. The molecule has 1 atom stereocenters. The maximum atomic E-state index is 12.0. The minimum Gasteiger partial charge on any atom is -0.481 e. The summed E-state index contributed by atoms with van der Waals surface area (Å²) in [6.07, 6.45) is -0.636. The third-order valence-electron chi connectivity index (χ3n) is 5.00. The van der Waals surface area contributed by atoms with Crippen LogP contribution < -0.4 is 10.6 Å². The predicted octanol–water partition coefficient (Wildman–Crippen LogP) is 2.76. The molecule has 0 aliphatic heterocycles. The standard InChI is InChI=1S/C24H24N2O5/c1-16(13-23(28)29)14-26-22(27)11-6-12-25-24(30)31-15-21-19-9-4-2-7-17(19)18-8-3-5-10-20(18)21/h2-5,7-10,16,21H,12-15H2,1H3,(H,25,30)(H,26,27)(H,28,29). The zero-order valence-corrected chi connectivity index (χ0v) is 17.2. The van der Waals surface area contributed by atoms with Crippen LogP contribution in [0.2, 0.25) is 0 Å². The van der Waals surface area contributed by atoms with Crippen molar-refractivity contribution in [1.29, 1.82) is 0 Å². The van der Waals surface area contributed by atoms with Crippen LogP contribution in [-0.2, 0) is 14.3 Å². The van der Waals surface area contributed by atoms with Gasteiger partial charge < -0.3 is 20.5 Å². The molecule has 3 N–H and O–H groups in total. The highest BCUT2D eigenvalue weighted by Crippen LogP contribution is 2.44. The quantitative estimate of drug-likeness (QED) is 0.598. The summed E-state index contributed by atoms with van der Waals surface area (Å²) in [6.45, 7) is 2.12. The molecule has 0 fully saturated rings. The van der Waals surface area contributed by atoms with E-state index in [0.29, 0.717) is 0 Å².